The summed E-state index contributed by atoms with van der Waals surface area (Å²) in [6, 6.07) is 0. The molecule has 0 aromatic heterocycles. The minimum Gasteiger partial charge on any atom is -0.280 e. The predicted molar refractivity (Wildman–Crippen MR) is 60.9 cm³/mol. The summed E-state index contributed by atoms with van der Waals surface area (Å²) in [5, 5.41) is -1.10. The molecule has 0 bridgehead atoms. The molecule has 0 fully saturated rings. The van der Waals surface area contributed by atoms with E-state index in [2.05, 4.69) is 31.9 Å². The molecule has 2 unspecified atom stereocenters. The lowest BCUT2D eigenvalue weighted by Gasteiger charge is -2.30. The Morgan fingerprint density at radius 1 is 1.08 bits per heavy atom. The fourth-order valence-corrected chi connectivity index (χ4v) is 2.16. The molecule has 0 aliphatic carbocycles. The summed E-state index contributed by atoms with van der Waals surface area (Å²) in [6.45, 7) is 3.43. The fraction of sp³-hybridized carbons (Fsp3) is 0.714. The predicted octanol–water partition coefficient (Wildman–Crippen LogP) is 3.07. The highest BCUT2D eigenvalue weighted by molar-refractivity contribution is 9.10. The minimum atomic E-state index is -0.669. The standard InChI is InChI=1S/C7H8Br2Cl2O2/c1-7(2,3(8)5(10)12)4(9)6(11)13/h3-4H,1-2H3. The highest BCUT2D eigenvalue weighted by Gasteiger charge is 2.41. The highest BCUT2D eigenvalue weighted by atomic mass is 79.9. The molecule has 0 spiro atoms. The Morgan fingerprint density at radius 3 is 1.46 bits per heavy atom. The van der Waals surface area contributed by atoms with Crippen LogP contribution in [0.15, 0.2) is 0 Å². The van der Waals surface area contributed by atoms with E-state index in [1.807, 2.05) is 0 Å². The zero-order chi connectivity index (χ0) is 10.8. The van der Waals surface area contributed by atoms with E-state index in [1.165, 1.54) is 0 Å². The van der Waals surface area contributed by atoms with Crippen molar-refractivity contribution in [1.82, 2.24) is 0 Å². The Hall–Kier alpha value is 0.880. The van der Waals surface area contributed by atoms with E-state index in [1.54, 1.807) is 13.8 Å². The van der Waals surface area contributed by atoms with Gasteiger partial charge in [-0.05, 0) is 23.2 Å². The third-order valence-corrected chi connectivity index (χ3v) is 5.86. The number of carbonyl (C=O) groups excluding carboxylic acids is 2. The van der Waals surface area contributed by atoms with Gasteiger partial charge in [-0.2, -0.15) is 0 Å². The van der Waals surface area contributed by atoms with Gasteiger partial charge in [-0.3, -0.25) is 9.59 Å². The van der Waals surface area contributed by atoms with Crippen molar-refractivity contribution in [3.63, 3.8) is 0 Å². The third-order valence-electron chi connectivity index (χ3n) is 1.70. The van der Waals surface area contributed by atoms with Crippen molar-refractivity contribution in [1.29, 1.82) is 0 Å². The third kappa shape index (κ3) is 3.50. The number of hydrogen-bond donors (Lipinski definition) is 0. The van der Waals surface area contributed by atoms with Crippen molar-refractivity contribution >= 4 is 65.5 Å². The molecule has 0 N–H and O–H groups in total. The van der Waals surface area contributed by atoms with Gasteiger partial charge in [-0.15, -0.1) is 0 Å². The fourth-order valence-electron chi connectivity index (χ4n) is 0.713. The number of hydrogen-bond acceptors (Lipinski definition) is 2. The summed E-state index contributed by atoms with van der Waals surface area (Å²) < 4.78 is 0. The molecule has 0 heterocycles. The zero-order valence-corrected chi connectivity index (χ0v) is 11.7. The SMILES string of the molecule is CC(C)(C(Br)C(=O)Cl)C(Br)C(=O)Cl. The van der Waals surface area contributed by atoms with Gasteiger partial charge in [-0.1, -0.05) is 45.7 Å². The Morgan fingerprint density at radius 2 is 1.31 bits per heavy atom. The molecule has 6 heteroatoms. The summed E-state index contributed by atoms with van der Waals surface area (Å²) in [4.78, 5) is 20.5. The molecule has 76 valence electrons. The Bertz CT molecular complexity index is 209. The van der Waals surface area contributed by atoms with Gasteiger partial charge < -0.3 is 0 Å². The molecular weight excluding hydrogens is 347 g/mol. The van der Waals surface area contributed by atoms with Crippen LogP contribution in [0.2, 0.25) is 0 Å². The first-order valence-corrected chi connectivity index (χ1v) is 5.96. The van der Waals surface area contributed by atoms with Crippen LogP contribution in [0.3, 0.4) is 0 Å². The Labute approximate surface area is 104 Å². The minimum absolute atomic E-state index is 0.549. The van der Waals surface area contributed by atoms with E-state index >= 15 is 0 Å². The van der Waals surface area contributed by atoms with Gasteiger partial charge in [0.15, 0.2) is 0 Å². The molecule has 0 radical (unpaired) electrons. The average Bonchev–Trinajstić information content (AvgIpc) is 2.01. The molecular formula is C7H8Br2Cl2O2. The lowest BCUT2D eigenvalue weighted by atomic mass is 9.86. The number of rotatable bonds is 4. The number of carbonyl (C=O) groups is 2. The van der Waals surface area contributed by atoms with Crippen LogP contribution in [0.1, 0.15) is 13.8 Å². The van der Waals surface area contributed by atoms with Gasteiger partial charge in [0.2, 0.25) is 10.5 Å². The first-order valence-electron chi connectivity index (χ1n) is 3.38. The van der Waals surface area contributed by atoms with Gasteiger partial charge >= 0.3 is 0 Å². The van der Waals surface area contributed by atoms with Crippen molar-refractivity contribution in [2.45, 2.75) is 23.5 Å². The summed E-state index contributed by atoms with van der Waals surface area (Å²) >= 11 is 16.8. The van der Waals surface area contributed by atoms with E-state index in [4.69, 9.17) is 23.2 Å². The topological polar surface area (TPSA) is 34.1 Å². The van der Waals surface area contributed by atoms with Gasteiger partial charge in [-0.25, -0.2) is 0 Å². The summed E-state index contributed by atoms with van der Waals surface area (Å²) in [6.07, 6.45) is 0. The molecule has 0 aromatic carbocycles. The molecule has 2 atom stereocenters. The summed E-state index contributed by atoms with van der Waals surface area (Å²) in [5.41, 5.74) is -0.669. The van der Waals surface area contributed by atoms with Crippen LogP contribution < -0.4 is 0 Å². The molecule has 0 rings (SSSR count). The number of alkyl halides is 2. The van der Waals surface area contributed by atoms with Gasteiger partial charge in [0.1, 0.15) is 0 Å². The van der Waals surface area contributed by atoms with E-state index in [0.717, 1.165) is 0 Å². The molecule has 0 amide bonds. The van der Waals surface area contributed by atoms with Crippen LogP contribution in [-0.2, 0) is 9.59 Å². The second kappa shape index (κ2) is 5.10. The monoisotopic (exact) mass is 352 g/mol. The lowest BCUT2D eigenvalue weighted by molar-refractivity contribution is -0.114. The van der Waals surface area contributed by atoms with E-state index in [9.17, 15) is 9.59 Å². The van der Waals surface area contributed by atoms with E-state index < -0.39 is 25.6 Å². The maximum Gasteiger partial charge on any atom is 0.235 e. The van der Waals surface area contributed by atoms with Crippen LogP contribution >= 0.6 is 55.1 Å². The Balaban J connectivity index is 4.74. The average molecular weight is 355 g/mol. The largest absolute Gasteiger partial charge is 0.280 e. The van der Waals surface area contributed by atoms with Gasteiger partial charge in [0, 0.05) is 5.41 Å². The van der Waals surface area contributed by atoms with Crippen molar-refractivity contribution in [3.8, 4) is 0 Å². The van der Waals surface area contributed by atoms with Gasteiger partial charge in [0.05, 0.1) is 9.65 Å². The second-order valence-corrected chi connectivity index (χ2v) is 5.73. The van der Waals surface area contributed by atoms with Crippen LogP contribution in [-0.4, -0.2) is 20.1 Å². The summed E-state index contributed by atoms with van der Waals surface area (Å²) in [5.74, 6) is 0. The van der Waals surface area contributed by atoms with Gasteiger partial charge in [0.25, 0.3) is 0 Å². The molecule has 0 saturated heterocycles. The Kier molecular flexibility index (Phi) is 5.44. The van der Waals surface area contributed by atoms with Crippen molar-refractivity contribution in [2.75, 3.05) is 0 Å². The molecule has 0 aliphatic rings. The van der Waals surface area contributed by atoms with Crippen molar-refractivity contribution < 1.29 is 9.59 Å². The van der Waals surface area contributed by atoms with E-state index in [-0.39, 0.29) is 0 Å². The molecule has 13 heavy (non-hydrogen) atoms. The molecule has 0 aromatic rings. The van der Waals surface area contributed by atoms with Crippen LogP contribution in [0.4, 0.5) is 0 Å². The van der Waals surface area contributed by atoms with Crippen LogP contribution in [0.5, 0.6) is 0 Å². The molecule has 0 aliphatic heterocycles. The normalized spacial score (nSPS) is 16.5. The summed E-state index contributed by atoms with van der Waals surface area (Å²) in [7, 11) is 0. The highest BCUT2D eigenvalue weighted by Crippen LogP contribution is 2.37. The molecule has 0 saturated carbocycles. The zero-order valence-electron chi connectivity index (χ0n) is 6.98. The van der Waals surface area contributed by atoms with Crippen LogP contribution in [0, 0.1) is 5.41 Å². The number of halogens is 4. The lowest BCUT2D eigenvalue weighted by Crippen LogP contribution is -2.39. The quantitative estimate of drug-likeness (QED) is 0.574. The smallest absolute Gasteiger partial charge is 0.235 e. The first-order chi connectivity index (χ1) is 5.71. The van der Waals surface area contributed by atoms with Crippen LogP contribution in [0.25, 0.3) is 0 Å². The maximum absolute atomic E-state index is 10.9. The maximum atomic E-state index is 10.9. The second-order valence-electron chi connectivity index (χ2n) is 3.15. The first kappa shape index (κ1) is 13.9. The van der Waals surface area contributed by atoms with Crippen molar-refractivity contribution in [2.24, 2.45) is 5.41 Å². The van der Waals surface area contributed by atoms with E-state index in [0.29, 0.717) is 0 Å². The molecule has 2 nitrogen and oxygen atoms in total. The van der Waals surface area contributed by atoms with Crippen molar-refractivity contribution in [3.05, 3.63) is 0 Å².